The van der Waals surface area contributed by atoms with Crippen molar-refractivity contribution in [3.05, 3.63) is 12.2 Å². The van der Waals surface area contributed by atoms with Gasteiger partial charge in [-0.3, -0.25) is 18.6 Å². The number of hydrogen-bond donors (Lipinski definition) is 2. The molecule has 2 atom stereocenters. The van der Waals surface area contributed by atoms with Gasteiger partial charge in [-0.15, -0.1) is 0 Å². The number of phosphoric acid groups is 1. The first-order valence-electron chi connectivity index (χ1n) is 15.0. The lowest BCUT2D eigenvalue weighted by molar-refractivity contribution is -0.161. The highest BCUT2D eigenvalue weighted by Crippen LogP contribution is 2.43. The maximum absolute atomic E-state index is 12.3. The lowest BCUT2D eigenvalue weighted by Crippen LogP contribution is -2.29. The molecule has 1 unspecified atom stereocenters. The van der Waals surface area contributed by atoms with E-state index in [4.69, 9.17) is 19.1 Å². The molecule has 0 aromatic heterocycles. The second kappa shape index (κ2) is 26.9. The van der Waals surface area contributed by atoms with Crippen LogP contribution in [0, 0.1) is 0 Å². The van der Waals surface area contributed by atoms with Gasteiger partial charge in [-0.1, -0.05) is 96.1 Å². The number of ether oxygens (including phenoxy) is 2. The van der Waals surface area contributed by atoms with E-state index >= 15 is 0 Å². The molecule has 0 amide bonds. The fourth-order valence-corrected chi connectivity index (χ4v) is 4.72. The molecular weight excluding hydrogens is 523 g/mol. The Labute approximate surface area is 236 Å². The monoisotopic (exact) mass is 578 g/mol. The van der Waals surface area contributed by atoms with Gasteiger partial charge in [0.15, 0.2) is 6.10 Å². The smallest absolute Gasteiger partial charge is 0.462 e. The Morgan fingerprint density at radius 1 is 0.769 bits per heavy atom. The van der Waals surface area contributed by atoms with Gasteiger partial charge >= 0.3 is 19.8 Å². The normalized spacial score (nSPS) is 13.8. The van der Waals surface area contributed by atoms with Crippen LogP contribution in [0.4, 0.5) is 0 Å². The van der Waals surface area contributed by atoms with E-state index < -0.39 is 39.1 Å². The lowest BCUT2D eigenvalue weighted by Gasteiger charge is -2.19. The van der Waals surface area contributed by atoms with Crippen molar-refractivity contribution in [3.63, 3.8) is 0 Å². The summed E-state index contributed by atoms with van der Waals surface area (Å²) in [6.45, 7) is 2.66. The van der Waals surface area contributed by atoms with Crippen LogP contribution < -0.4 is 0 Å². The van der Waals surface area contributed by atoms with Gasteiger partial charge in [-0.25, -0.2) is 4.57 Å². The van der Waals surface area contributed by atoms with E-state index in [2.05, 4.69) is 23.6 Å². The molecule has 0 saturated carbocycles. The summed E-state index contributed by atoms with van der Waals surface area (Å²) < 4.78 is 32.0. The van der Waals surface area contributed by atoms with Crippen LogP contribution in [0.2, 0.25) is 0 Å². The number of phosphoric ester groups is 1. The van der Waals surface area contributed by atoms with Gasteiger partial charge in [0.05, 0.1) is 19.8 Å². The van der Waals surface area contributed by atoms with Crippen molar-refractivity contribution in [1.29, 1.82) is 0 Å². The van der Waals surface area contributed by atoms with Gasteiger partial charge in [0.2, 0.25) is 0 Å². The molecule has 0 radical (unpaired) electrons. The molecule has 0 saturated heterocycles. The highest BCUT2D eigenvalue weighted by molar-refractivity contribution is 7.47. The first kappa shape index (κ1) is 37.8. The van der Waals surface area contributed by atoms with Crippen molar-refractivity contribution in [2.24, 2.45) is 0 Å². The third-order valence-corrected chi connectivity index (χ3v) is 7.20. The van der Waals surface area contributed by atoms with Crippen LogP contribution in [-0.2, 0) is 32.7 Å². The molecule has 0 aromatic carbocycles. The van der Waals surface area contributed by atoms with E-state index in [1.807, 2.05) is 6.92 Å². The molecule has 0 aromatic rings. The first-order valence-corrected chi connectivity index (χ1v) is 16.5. The van der Waals surface area contributed by atoms with Crippen LogP contribution in [0.15, 0.2) is 12.2 Å². The van der Waals surface area contributed by atoms with Crippen LogP contribution in [-0.4, -0.2) is 54.5 Å². The molecule has 9 nitrogen and oxygen atoms in total. The maximum Gasteiger partial charge on any atom is 0.472 e. The lowest BCUT2D eigenvalue weighted by atomic mass is 10.1. The van der Waals surface area contributed by atoms with E-state index in [1.54, 1.807) is 0 Å². The molecule has 0 bridgehead atoms. The second-order valence-electron chi connectivity index (χ2n) is 9.92. The van der Waals surface area contributed by atoms with Gasteiger partial charge in [0.25, 0.3) is 0 Å². The molecule has 230 valence electrons. The Morgan fingerprint density at radius 2 is 1.31 bits per heavy atom. The molecule has 39 heavy (non-hydrogen) atoms. The van der Waals surface area contributed by atoms with E-state index in [9.17, 15) is 19.0 Å². The molecule has 0 heterocycles. The van der Waals surface area contributed by atoms with E-state index in [1.165, 1.54) is 51.4 Å². The third kappa shape index (κ3) is 26.7. The third-order valence-electron chi connectivity index (χ3n) is 6.22. The highest BCUT2D eigenvalue weighted by Gasteiger charge is 2.26. The average Bonchev–Trinajstić information content (AvgIpc) is 2.91. The number of unbranched alkanes of at least 4 members (excludes halogenated alkanes) is 14. The maximum atomic E-state index is 12.3. The number of carbonyl (C=O) groups excluding carboxylic acids is 2. The molecule has 0 rings (SSSR count). The summed E-state index contributed by atoms with van der Waals surface area (Å²) in [5, 5.41) is 8.78. The van der Waals surface area contributed by atoms with Crippen molar-refractivity contribution in [2.45, 2.75) is 136 Å². The summed E-state index contributed by atoms with van der Waals surface area (Å²) in [4.78, 5) is 34.2. The summed E-state index contributed by atoms with van der Waals surface area (Å²) in [6.07, 6.45) is 21.1. The number of rotatable bonds is 28. The molecule has 0 fully saturated rings. The predicted octanol–water partition coefficient (Wildman–Crippen LogP) is 7.19. The quantitative estimate of drug-likeness (QED) is 0.0429. The first-order chi connectivity index (χ1) is 18.8. The van der Waals surface area contributed by atoms with Gasteiger partial charge in [-0.05, 0) is 32.6 Å². The van der Waals surface area contributed by atoms with Crippen LogP contribution in [0.5, 0.6) is 0 Å². The fraction of sp³-hybridized carbons (Fsp3) is 0.862. The number of carbonyl (C=O) groups is 2. The number of hydrogen-bond acceptors (Lipinski definition) is 8. The van der Waals surface area contributed by atoms with Gasteiger partial charge in [0, 0.05) is 12.8 Å². The van der Waals surface area contributed by atoms with Crippen LogP contribution in [0.3, 0.4) is 0 Å². The minimum absolute atomic E-state index is 0.210. The Bertz CT molecular complexity index is 669. The van der Waals surface area contributed by atoms with Gasteiger partial charge in [-0.2, -0.15) is 0 Å². The van der Waals surface area contributed by atoms with Gasteiger partial charge < -0.3 is 19.5 Å². The fourth-order valence-electron chi connectivity index (χ4n) is 3.98. The molecule has 0 spiro atoms. The Kier molecular flexibility index (Phi) is 26.1. The molecule has 10 heteroatoms. The molecule has 0 aliphatic carbocycles. The number of allylic oxidation sites excluding steroid dienone is 2. The van der Waals surface area contributed by atoms with E-state index in [0.29, 0.717) is 6.42 Å². The summed E-state index contributed by atoms with van der Waals surface area (Å²) in [7, 11) is -4.43. The minimum atomic E-state index is -4.43. The Morgan fingerprint density at radius 3 is 1.87 bits per heavy atom. The Hall–Kier alpha value is -1.25. The summed E-state index contributed by atoms with van der Waals surface area (Å²) in [5.41, 5.74) is 0. The summed E-state index contributed by atoms with van der Waals surface area (Å²) >= 11 is 0. The Balaban J connectivity index is 4.35. The van der Waals surface area contributed by atoms with E-state index in [0.717, 1.165) is 44.9 Å². The SMILES string of the molecule is C/C=C/CCCCCCCCCC(=O)O[C@H](COC(=O)CCCCCCCCCC)COP(=O)(O)OCCO. The average molecular weight is 579 g/mol. The standard InChI is InChI=1S/C29H55O9P/c1-3-5-7-9-11-13-14-16-18-20-22-29(32)38-27(26-37-39(33,34)36-24-23-30)25-35-28(31)21-19-17-15-12-10-8-6-4-2/h3,5,27,30H,4,6-26H2,1-2H3,(H,33,34)/b5-3+/t27-/m1/s1. The zero-order valence-electron chi connectivity index (χ0n) is 24.5. The highest BCUT2D eigenvalue weighted by atomic mass is 31.2. The van der Waals surface area contributed by atoms with Crippen LogP contribution in [0.25, 0.3) is 0 Å². The van der Waals surface area contributed by atoms with Gasteiger partial charge in [0.1, 0.15) is 6.61 Å². The second-order valence-corrected chi connectivity index (χ2v) is 11.4. The van der Waals surface area contributed by atoms with E-state index in [-0.39, 0.29) is 26.1 Å². The zero-order valence-corrected chi connectivity index (χ0v) is 25.4. The van der Waals surface area contributed by atoms with Crippen LogP contribution >= 0.6 is 7.82 Å². The van der Waals surface area contributed by atoms with Crippen molar-refractivity contribution >= 4 is 19.8 Å². The molecule has 0 aliphatic rings. The molecule has 2 N–H and O–H groups in total. The van der Waals surface area contributed by atoms with Crippen molar-refractivity contribution in [1.82, 2.24) is 0 Å². The number of aliphatic hydroxyl groups is 1. The number of aliphatic hydroxyl groups excluding tert-OH is 1. The van der Waals surface area contributed by atoms with Crippen molar-refractivity contribution < 1.29 is 42.7 Å². The largest absolute Gasteiger partial charge is 0.472 e. The zero-order chi connectivity index (χ0) is 29.0. The predicted molar refractivity (Wildman–Crippen MR) is 153 cm³/mol. The van der Waals surface area contributed by atoms with Crippen LogP contribution in [0.1, 0.15) is 129 Å². The molecular formula is C29H55O9P. The van der Waals surface area contributed by atoms with Crippen molar-refractivity contribution in [2.75, 3.05) is 26.4 Å². The summed E-state index contributed by atoms with van der Waals surface area (Å²) in [6, 6.07) is 0. The van der Waals surface area contributed by atoms with Crippen molar-refractivity contribution in [3.8, 4) is 0 Å². The topological polar surface area (TPSA) is 129 Å². The molecule has 0 aliphatic heterocycles. The number of esters is 2. The minimum Gasteiger partial charge on any atom is -0.462 e. The summed E-state index contributed by atoms with van der Waals surface area (Å²) in [5.74, 6) is -0.880.